The van der Waals surface area contributed by atoms with E-state index in [0.29, 0.717) is 17.4 Å². The van der Waals surface area contributed by atoms with E-state index in [9.17, 15) is 10.2 Å². The predicted octanol–water partition coefficient (Wildman–Crippen LogP) is 3.96. The van der Waals surface area contributed by atoms with E-state index in [2.05, 4.69) is 36.9 Å². The molecule has 186 valence electrons. The summed E-state index contributed by atoms with van der Waals surface area (Å²) in [6.45, 7) is 7.66. The average Bonchev–Trinajstić information content (AvgIpc) is 3.20. The van der Waals surface area contributed by atoms with Crippen molar-refractivity contribution >= 4 is 23.2 Å². The highest BCUT2D eigenvalue weighted by Gasteiger charge is 2.24. The maximum Gasteiger partial charge on any atom is 0.138 e. The molecule has 0 saturated carbocycles. The van der Waals surface area contributed by atoms with E-state index >= 15 is 0 Å². The zero-order valence-electron chi connectivity index (χ0n) is 19.8. The molecule has 34 heavy (non-hydrogen) atoms. The first-order valence-electron chi connectivity index (χ1n) is 11.3. The number of ether oxygens (including phenoxy) is 2. The van der Waals surface area contributed by atoms with Crippen molar-refractivity contribution in [2.45, 2.75) is 38.7 Å². The summed E-state index contributed by atoms with van der Waals surface area (Å²) in [6, 6.07) is 13.8. The molecule has 0 radical (unpaired) electrons. The van der Waals surface area contributed by atoms with E-state index in [-0.39, 0.29) is 24.5 Å². The van der Waals surface area contributed by atoms with Crippen LogP contribution in [0.5, 0.6) is 11.5 Å². The highest BCUT2D eigenvalue weighted by Crippen LogP contribution is 2.36. The predicted molar refractivity (Wildman–Crippen MR) is 135 cm³/mol. The van der Waals surface area contributed by atoms with E-state index < -0.39 is 6.10 Å². The molecular formula is C25H33Cl2N3O4. The van der Waals surface area contributed by atoms with Gasteiger partial charge in [0.25, 0.3) is 0 Å². The molecule has 0 saturated heterocycles. The molecule has 0 spiro atoms. The Labute approximate surface area is 211 Å². The number of hydrazine groups is 2. The average molecular weight is 510 g/mol. The van der Waals surface area contributed by atoms with Crippen LogP contribution in [0.15, 0.2) is 53.9 Å². The van der Waals surface area contributed by atoms with Crippen molar-refractivity contribution in [3.63, 3.8) is 0 Å². The summed E-state index contributed by atoms with van der Waals surface area (Å²) >= 11 is 12.0. The monoisotopic (exact) mass is 509 g/mol. The van der Waals surface area contributed by atoms with Gasteiger partial charge in [-0.1, -0.05) is 43.6 Å². The number of aliphatic hydroxyl groups excluding tert-OH is 2. The fourth-order valence-electron chi connectivity index (χ4n) is 3.63. The molecule has 7 nitrogen and oxygen atoms in total. The number of hydrogen-bond acceptors (Lipinski definition) is 7. The molecule has 0 aliphatic carbocycles. The Morgan fingerprint density at radius 3 is 2.41 bits per heavy atom. The van der Waals surface area contributed by atoms with Gasteiger partial charge in [-0.25, -0.2) is 0 Å². The summed E-state index contributed by atoms with van der Waals surface area (Å²) in [7, 11) is 0. The van der Waals surface area contributed by atoms with Gasteiger partial charge < -0.3 is 25.1 Å². The van der Waals surface area contributed by atoms with Crippen molar-refractivity contribution in [3.8, 4) is 11.5 Å². The maximum absolute atomic E-state index is 9.58. The zero-order chi connectivity index (χ0) is 24.7. The third-order valence-corrected chi connectivity index (χ3v) is 6.63. The van der Waals surface area contributed by atoms with Crippen LogP contribution in [-0.4, -0.2) is 53.6 Å². The number of rotatable bonds is 12. The lowest BCUT2D eigenvalue weighted by molar-refractivity contribution is 0.125. The van der Waals surface area contributed by atoms with Gasteiger partial charge in [-0.3, -0.25) is 5.01 Å². The molecule has 0 amide bonds. The molecule has 2 aromatic carbocycles. The van der Waals surface area contributed by atoms with Crippen LogP contribution in [0.2, 0.25) is 5.02 Å². The van der Waals surface area contributed by atoms with Crippen molar-refractivity contribution in [2.75, 3.05) is 32.2 Å². The van der Waals surface area contributed by atoms with Gasteiger partial charge in [0.2, 0.25) is 0 Å². The van der Waals surface area contributed by atoms with Crippen LogP contribution in [0.4, 0.5) is 0 Å². The van der Waals surface area contributed by atoms with E-state index in [1.54, 1.807) is 0 Å². The van der Waals surface area contributed by atoms with E-state index in [1.165, 1.54) is 0 Å². The number of benzene rings is 2. The molecule has 9 heteroatoms. The van der Waals surface area contributed by atoms with Crippen LogP contribution in [0.3, 0.4) is 0 Å². The lowest BCUT2D eigenvalue weighted by Gasteiger charge is -2.27. The molecule has 0 fully saturated rings. The molecule has 1 heterocycles. The van der Waals surface area contributed by atoms with Gasteiger partial charge in [-0.15, -0.1) is 17.1 Å². The Kier molecular flexibility index (Phi) is 9.33. The summed E-state index contributed by atoms with van der Waals surface area (Å²) in [6.07, 6.45) is 0.0934. The lowest BCUT2D eigenvalue weighted by Crippen LogP contribution is -2.38. The number of halogens is 2. The first kappa shape index (κ1) is 26.4. The molecule has 1 unspecified atom stereocenters. The fraction of sp³-hybridized carbons (Fsp3) is 0.440. The molecular weight excluding hydrogens is 477 g/mol. The molecule has 0 bridgehead atoms. The summed E-state index contributed by atoms with van der Waals surface area (Å²) in [5, 5.41) is 21.3. The minimum Gasteiger partial charge on any atom is -0.494 e. The third kappa shape index (κ3) is 6.49. The molecule has 1 aliphatic rings. The molecule has 4 N–H and O–H groups in total. The summed E-state index contributed by atoms with van der Waals surface area (Å²) in [4.78, 5) is 0. The van der Waals surface area contributed by atoms with Crippen LogP contribution < -0.4 is 20.4 Å². The van der Waals surface area contributed by atoms with Gasteiger partial charge >= 0.3 is 0 Å². The second-order valence-electron chi connectivity index (χ2n) is 8.73. The quantitative estimate of drug-likeness (QED) is 0.254. The first-order valence-corrected chi connectivity index (χ1v) is 12.2. The van der Waals surface area contributed by atoms with Crippen LogP contribution in [0.25, 0.3) is 0 Å². The number of hydrogen-bond donors (Lipinski definition) is 4. The minimum atomic E-state index is -0.733. The minimum absolute atomic E-state index is 0.0165. The summed E-state index contributed by atoms with van der Waals surface area (Å²) in [5.41, 5.74) is 9.66. The Hall–Kier alpha value is -2.16. The van der Waals surface area contributed by atoms with Crippen LogP contribution in [-0.2, 0) is 5.41 Å². The topological polar surface area (TPSA) is 86.2 Å². The largest absolute Gasteiger partial charge is 0.494 e. The van der Waals surface area contributed by atoms with E-state index in [1.807, 2.05) is 42.3 Å². The Morgan fingerprint density at radius 2 is 1.79 bits per heavy atom. The van der Waals surface area contributed by atoms with Crippen molar-refractivity contribution in [2.24, 2.45) is 0 Å². The van der Waals surface area contributed by atoms with Crippen molar-refractivity contribution in [1.29, 1.82) is 0 Å². The first-order chi connectivity index (χ1) is 16.3. The van der Waals surface area contributed by atoms with E-state index in [0.717, 1.165) is 41.2 Å². The number of allylic oxidation sites excluding steroid dienone is 1. The fourth-order valence-corrected chi connectivity index (χ4v) is 3.96. The number of alkyl halides is 1. The molecule has 3 rings (SSSR count). The van der Waals surface area contributed by atoms with Crippen molar-refractivity contribution in [1.82, 2.24) is 16.0 Å². The SMILES string of the molecule is CC1=C(CO)NNN1CCCOc1ccc(C(C)(C)c2ccc(OCC(O)CCl)c(Cl)c2)cc1. The highest BCUT2D eigenvalue weighted by atomic mass is 35.5. The normalized spacial score (nSPS) is 14.9. The van der Waals surface area contributed by atoms with Crippen LogP contribution in [0.1, 0.15) is 38.3 Å². The Morgan fingerprint density at radius 1 is 1.09 bits per heavy atom. The van der Waals surface area contributed by atoms with Gasteiger partial charge in [0.05, 0.1) is 35.5 Å². The van der Waals surface area contributed by atoms with Gasteiger partial charge in [-0.05, 0) is 42.3 Å². The molecule has 1 atom stereocenters. The Bertz CT molecular complexity index is 983. The number of nitrogens with one attached hydrogen (secondary N) is 2. The maximum atomic E-state index is 9.58. The summed E-state index contributed by atoms with van der Waals surface area (Å²) in [5.74, 6) is 1.44. The smallest absolute Gasteiger partial charge is 0.138 e. The van der Waals surface area contributed by atoms with Crippen LogP contribution >= 0.6 is 23.2 Å². The standard InChI is InChI=1S/C25H33Cl2N3O4/c1-17-23(15-31)28-29-30(17)11-4-12-33-21-8-5-18(6-9-21)25(2,3)19-7-10-24(22(27)13-19)34-16-20(32)14-26/h5-10,13,20,28-29,31-32H,4,11-12,14-16H2,1-3H3. The molecule has 0 aromatic heterocycles. The number of nitrogens with zero attached hydrogens (tertiary/aromatic N) is 1. The van der Waals surface area contributed by atoms with Crippen molar-refractivity contribution < 1.29 is 19.7 Å². The van der Waals surface area contributed by atoms with Crippen LogP contribution in [0, 0.1) is 0 Å². The van der Waals surface area contributed by atoms with Gasteiger partial charge in [0.1, 0.15) is 24.2 Å². The van der Waals surface area contributed by atoms with Crippen molar-refractivity contribution in [3.05, 3.63) is 70.0 Å². The van der Waals surface area contributed by atoms with Gasteiger partial charge in [-0.2, -0.15) is 0 Å². The Balaban J connectivity index is 1.55. The van der Waals surface area contributed by atoms with Gasteiger partial charge in [0.15, 0.2) is 0 Å². The second-order valence-corrected chi connectivity index (χ2v) is 9.44. The summed E-state index contributed by atoms with van der Waals surface area (Å²) < 4.78 is 11.5. The van der Waals surface area contributed by atoms with E-state index in [4.69, 9.17) is 32.7 Å². The number of aliphatic hydroxyl groups is 2. The highest BCUT2D eigenvalue weighted by molar-refractivity contribution is 6.32. The molecule has 2 aromatic rings. The molecule has 1 aliphatic heterocycles. The zero-order valence-corrected chi connectivity index (χ0v) is 21.3. The third-order valence-electron chi connectivity index (χ3n) is 5.98. The second kappa shape index (κ2) is 12.0. The lowest BCUT2D eigenvalue weighted by atomic mass is 9.78. The van der Waals surface area contributed by atoms with Gasteiger partial charge in [0, 0.05) is 18.4 Å².